The first-order valence-corrected chi connectivity index (χ1v) is 12.3. The highest BCUT2D eigenvalue weighted by atomic mass is 35.5. The molecule has 0 saturated heterocycles. The van der Waals surface area contributed by atoms with E-state index in [1.807, 2.05) is 6.92 Å². The van der Waals surface area contributed by atoms with Gasteiger partial charge in [0.1, 0.15) is 11.6 Å². The number of likely N-dealkylation sites (N-methyl/N-ethyl adjacent to an activating group) is 1. The molecule has 0 aliphatic rings. The van der Waals surface area contributed by atoms with Gasteiger partial charge < -0.3 is 9.84 Å². The molecule has 0 bridgehead atoms. The molecule has 0 fully saturated rings. The lowest BCUT2D eigenvalue weighted by Gasteiger charge is -2.33. The topological polar surface area (TPSA) is 70.1 Å². The highest BCUT2D eigenvalue weighted by Crippen LogP contribution is 2.23. The molecule has 3 atom stereocenters. The number of aliphatic hydroxyl groups excluding tert-OH is 1. The Morgan fingerprint density at radius 3 is 2.30 bits per heavy atom. The van der Waals surface area contributed by atoms with Crippen molar-refractivity contribution in [3.8, 4) is 0 Å². The monoisotopic (exact) mass is 504 g/mol. The Morgan fingerprint density at radius 2 is 1.73 bits per heavy atom. The summed E-state index contributed by atoms with van der Waals surface area (Å²) in [6.07, 6.45) is -0.402. The molecular formula is C23H31ClF2N2O4S. The molecular weight excluding hydrogens is 474 g/mol. The molecule has 0 aliphatic carbocycles. The normalized spacial score (nSPS) is 15.1. The highest BCUT2D eigenvalue weighted by Gasteiger charge is 2.32. The number of halogens is 3. The molecule has 0 heterocycles. The third kappa shape index (κ3) is 7.43. The lowest BCUT2D eigenvalue weighted by atomic mass is 10.0. The van der Waals surface area contributed by atoms with Crippen LogP contribution in [-0.2, 0) is 21.3 Å². The first-order chi connectivity index (χ1) is 15.5. The number of aliphatic hydroxyl groups is 1. The van der Waals surface area contributed by atoms with E-state index < -0.39 is 33.8 Å². The zero-order chi connectivity index (χ0) is 24.8. The summed E-state index contributed by atoms with van der Waals surface area (Å²) in [5, 5.41) is 10.1. The van der Waals surface area contributed by atoms with E-state index in [9.17, 15) is 22.3 Å². The third-order valence-electron chi connectivity index (χ3n) is 5.52. The molecule has 1 N–H and O–H groups in total. The first kappa shape index (κ1) is 27.6. The van der Waals surface area contributed by atoms with Crippen molar-refractivity contribution in [1.29, 1.82) is 0 Å². The summed E-state index contributed by atoms with van der Waals surface area (Å²) >= 11 is 5.89. The lowest BCUT2D eigenvalue weighted by Crippen LogP contribution is -2.46. The summed E-state index contributed by atoms with van der Waals surface area (Å²) in [5.41, 5.74) is 0.223. The van der Waals surface area contributed by atoms with Gasteiger partial charge in [-0.15, -0.1) is 0 Å². The minimum atomic E-state index is -3.90. The number of hydrogen-bond acceptors (Lipinski definition) is 5. The van der Waals surface area contributed by atoms with Gasteiger partial charge in [-0.05, 0) is 62.4 Å². The van der Waals surface area contributed by atoms with Crippen molar-refractivity contribution in [1.82, 2.24) is 9.21 Å². The predicted molar refractivity (Wildman–Crippen MR) is 125 cm³/mol. The maximum absolute atomic E-state index is 14.0. The molecule has 0 aliphatic heterocycles. The molecule has 0 saturated carbocycles. The quantitative estimate of drug-likeness (QED) is 0.476. The van der Waals surface area contributed by atoms with Gasteiger partial charge in [0.2, 0.25) is 10.0 Å². The maximum atomic E-state index is 14.0. The molecule has 0 radical (unpaired) electrons. The van der Waals surface area contributed by atoms with Gasteiger partial charge in [0, 0.05) is 43.4 Å². The van der Waals surface area contributed by atoms with Gasteiger partial charge in [0.25, 0.3) is 0 Å². The van der Waals surface area contributed by atoms with Crippen molar-refractivity contribution >= 4 is 21.6 Å². The van der Waals surface area contributed by atoms with Crippen molar-refractivity contribution in [2.24, 2.45) is 5.92 Å². The Labute approximate surface area is 199 Å². The van der Waals surface area contributed by atoms with Gasteiger partial charge in [0.15, 0.2) is 0 Å². The fourth-order valence-corrected chi connectivity index (χ4v) is 5.41. The maximum Gasteiger partial charge on any atom is 0.243 e. The smallest absolute Gasteiger partial charge is 0.243 e. The molecule has 0 aromatic heterocycles. The molecule has 0 unspecified atom stereocenters. The van der Waals surface area contributed by atoms with Crippen LogP contribution in [0.15, 0.2) is 47.4 Å². The number of ether oxygens (including phenoxy) is 1. The van der Waals surface area contributed by atoms with Crippen LogP contribution in [-0.4, -0.2) is 68.7 Å². The van der Waals surface area contributed by atoms with Crippen LogP contribution in [0.2, 0.25) is 5.02 Å². The average molecular weight is 505 g/mol. The molecule has 0 spiro atoms. The van der Waals surface area contributed by atoms with Crippen LogP contribution in [0.3, 0.4) is 0 Å². The predicted octanol–water partition coefficient (Wildman–Crippen LogP) is 3.77. The van der Waals surface area contributed by atoms with Crippen LogP contribution in [0.1, 0.15) is 19.4 Å². The summed E-state index contributed by atoms with van der Waals surface area (Å²) in [4.78, 5) is 1.86. The Balaban J connectivity index is 2.16. The van der Waals surface area contributed by atoms with Crippen molar-refractivity contribution in [3.63, 3.8) is 0 Å². The highest BCUT2D eigenvalue weighted by molar-refractivity contribution is 7.89. The van der Waals surface area contributed by atoms with Crippen LogP contribution < -0.4 is 0 Å². The van der Waals surface area contributed by atoms with Crippen molar-refractivity contribution in [3.05, 3.63) is 64.7 Å². The van der Waals surface area contributed by atoms with Crippen LogP contribution in [0, 0.1) is 17.6 Å². The van der Waals surface area contributed by atoms with E-state index in [4.69, 9.17) is 16.3 Å². The summed E-state index contributed by atoms with van der Waals surface area (Å²) < 4.78 is 60.9. The lowest BCUT2D eigenvalue weighted by molar-refractivity contribution is 0.0219. The number of sulfonamides is 1. The van der Waals surface area contributed by atoms with Gasteiger partial charge in [-0.3, -0.25) is 4.90 Å². The largest absolute Gasteiger partial charge is 0.395 e. The van der Waals surface area contributed by atoms with E-state index >= 15 is 0 Å². The van der Waals surface area contributed by atoms with E-state index in [0.29, 0.717) is 11.6 Å². The summed E-state index contributed by atoms with van der Waals surface area (Å²) in [5.74, 6) is -1.29. The number of methoxy groups -OCH3 is 1. The van der Waals surface area contributed by atoms with Crippen LogP contribution in [0.5, 0.6) is 0 Å². The standard InChI is InChI=1S/C23H31ClF2N2O4S/c1-16(23(32-4)14-27(3)13-18-11-20(25)7-10-22(18)26)12-28(17(2)15-29)33(30,31)21-8-5-19(24)6-9-21/h5-11,16-17,23,29H,12-15H2,1-4H3/t16-,17+,23+/m0/s1. The van der Waals surface area contributed by atoms with Gasteiger partial charge >= 0.3 is 0 Å². The zero-order valence-corrected chi connectivity index (χ0v) is 20.8. The van der Waals surface area contributed by atoms with Crippen molar-refractivity contribution < 1.29 is 27.0 Å². The number of rotatable bonds is 12. The number of benzene rings is 2. The fourth-order valence-electron chi connectivity index (χ4n) is 3.56. The van der Waals surface area contributed by atoms with Gasteiger partial charge in [-0.2, -0.15) is 4.31 Å². The summed E-state index contributed by atoms with van der Waals surface area (Å²) in [6.45, 7) is 3.73. The molecule has 2 aromatic rings. The second-order valence-corrected chi connectivity index (χ2v) is 10.6. The molecule has 10 heteroatoms. The van der Waals surface area contributed by atoms with Gasteiger partial charge in [0.05, 0.1) is 17.6 Å². The molecule has 184 valence electrons. The third-order valence-corrected chi connectivity index (χ3v) is 7.77. The average Bonchev–Trinajstić information content (AvgIpc) is 2.77. The molecule has 2 aromatic carbocycles. The number of hydrogen-bond donors (Lipinski definition) is 1. The van der Waals surface area contributed by atoms with Crippen LogP contribution in [0.4, 0.5) is 8.78 Å². The second-order valence-electron chi connectivity index (χ2n) is 8.24. The number of nitrogens with zero attached hydrogens (tertiary/aromatic N) is 2. The minimum Gasteiger partial charge on any atom is -0.395 e. The van der Waals surface area contributed by atoms with Crippen molar-refractivity contribution in [2.45, 2.75) is 37.4 Å². The van der Waals surface area contributed by atoms with E-state index in [1.54, 1.807) is 18.9 Å². The first-order valence-electron chi connectivity index (χ1n) is 10.5. The van der Waals surface area contributed by atoms with Crippen LogP contribution in [0.25, 0.3) is 0 Å². The molecule has 0 amide bonds. The van der Waals surface area contributed by atoms with Crippen molar-refractivity contribution in [2.75, 3.05) is 33.9 Å². The minimum absolute atomic E-state index is 0.0760. The van der Waals surface area contributed by atoms with E-state index in [1.165, 1.54) is 35.7 Å². The summed E-state index contributed by atoms with van der Waals surface area (Å²) in [6, 6.07) is 8.49. The molecule has 33 heavy (non-hydrogen) atoms. The SMILES string of the molecule is CO[C@H](CN(C)Cc1cc(F)ccc1F)[C@@H](C)CN([C@H](C)CO)S(=O)(=O)c1ccc(Cl)cc1. The molecule has 2 rings (SSSR count). The Bertz CT molecular complexity index is 1010. The Morgan fingerprint density at radius 1 is 1.09 bits per heavy atom. The van der Waals surface area contributed by atoms with Gasteiger partial charge in [-0.25, -0.2) is 17.2 Å². The second kappa shape index (κ2) is 12.2. The van der Waals surface area contributed by atoms with E-state index in [-0.39, 0.29) is 36.1 Å². The van der Waals surface area contributed by atoms with E-state index in [2.05, 4.69) is 0 Å². The summed E-state index contributed by atoms with van der Waals surface area (Å²) in [7, 11) is -0.628. The van der Waals surface area contributed by atoms with Crippen LogP contribution >= 0.6 is 11.6 Å². The van der Waals surface area contributed by atoms with E-state index in [0.717, 1.165) is 18.2 Å². The zero-order valence-electron chi connectivity index (χ0n) is 19.2. The Hall–Kier alpha value is -1.62. The fraction of sp³-hybridized carbons (Fsp3) is 0.478. The van der Waals surface area contributed by atoms with Gasteiger partial charge in [-0.1, -0.05) is 18.5 Å². The Kier molecular flexibility index (Phi) is 10.2. The molecule has 6 nitrogen and oxygen atoms in total.